The first-order valence-corrected chi connectivity index (χ1v) is 5.23. The fourth-order valence-corrected chi connectivity index (χ4v) is 1.69. The number of aromatic amines is 1. The van der Waals surface area contributed by atoms with Crippen molar-refractivity contribution in [2.75, 3.05) is 12.8 Å². The number of nitrogen functional groups attached to an aromatic ring is 1. The number of nitrogens with two attached hydrogens (primary N) is 1. The summed E-state index contributed by atoms with van der Waals surface area (Å²) in [6.45, 7) is 2.07. The Morgan fingerprint density at radius 1 is 1.44 bits per heavy atom. The highest BCUT2D eigenvalue weighted by atomic mass is 16.5. The van der Waals surface area contributed by atoms with E-state index in [4.69, 9.17) is 10.5 Å². The third-order valence-electron chi connectivity index (χ3n) is 2.49. The minimum atomic E-state index is 0.453. The lowest BCUT2D eigenvalue weighted by atomic mass is 10.1. The molecule has 0 saturated heterocycles. The molecule has 4 heteroatoms. The van der Waals surface area contributed by atoms with E-state index in [2.05, 4.69) is 16.9 Å². The Kier molecular flexibility index (Phi) is 2.81. The van der Waals surface area contributed by atoms with Crippen LogP contribution in [0, 0.1) is 0 Å². The number of imidazole rings is 1. The normalized spacial score (nSPS) is 10.4. The van der Waals surface area contributed by atoms with E-state index < -0.39 is 0 Å². The molecule has 0 aliphatic carbocycles. The van der Waals surface area contributed by atoms with E-state index in [1.54, 1.807) is 7.11 Å². The summed E-state index contributed by atoms with van der Waals surface area (Å²) in [5.74, 6) is 1.27. The number of methoxy groups -OCH3 is 1. The van der Waals surface area contributed by atoms with Crippen molar-refractivity contribution < 1.29 is 4.74 Å². The predicted molar refractivity (Wildman–Crippen MR) is 64.4 cm³/mol. The van der Waals surface area contributed by atoms with E-state index in [1.807, 2.05) is 24.3 Å². The molecule has 1 heterocycles. The molecule has 0 aliphatic heterocycles. The van der Waals surface area contributed by atoms with Gasteiger partial charge < -0.3 is 15.5 Å². The Morgan fingerprint density at radius 2 is 2.25 bits per heavy atom. The number of hydrogen-bond donors (Lipinski definition) is 2. The highest BCUT2D eigenvalue weighted by molar-refractivity contribution is 5.65. The van der Waals surface area contributed by atoms with Crippen molar-refractivity contribution in [3.63, 3.8) is 0 Å². The summed E-state index contributed by atoms with van der Waals surface area (Å²) in [6.07, 6.45) is 0.872. The fraction of sp³-hybridized carbons (Fsp3) is 0.250. The zero-order valence-electron chi connectivity index (χ0n) is 9.45. The number of rotatable bonds is 3. The average Bonchev–Trinajstić information content (AvgIpc) is 2.70. The summed E-state index contributed by atoms with van der Waals surface area (Å²) >= 11 is 0. The molecule has 1 aromatic heterocycles. The Labute approximate surface area is 94.5 Å². The van der Waals surface area contributed by atoms with E-state index in [0.717, 1.165) is 29.1 Å². The lowest BCUT2D eigenvalue weighted by Crippen LogP contribution is -1.87. The lowest BCUT2D eigenvalue weighted by Gasteiger charge is -2.03. The maximum atomic E-state index is 5.66. The average molecular weight is 217 g/mol. The molecule has 0 bridgehead atoms. The lowest BCUT2D eigenvalue weighted by molar-refractivity contribution is 0.415. The number of benzene rings is 1. The van der Waals surface area contributed by atoms with Gasteiger partial charge in [-0.2, -0.15) is 0 Å². The van der Waals surface area contributed by atoms with E-state index in [1.165, 1.54) is 0 Å². The third-order valence-corrected chi connectivity index (χ3v) is 2.49. The Balaban J connectivity index is 2.48. The van der Waals surface area contributed by atoms with Crippen LogP contribution in [0.25, 0.3) is 11.3 Å². The van der Waals surface area contributed by atoms with Crippen LogP contribution in [0.15, 0.2) is 24.3 Å². The number of anilines is 1. The first-order chi connectivity index (χ1) is 7.74. The molecular formula is C12H15N3O. The van der Waals surface area contributed by atoms with Gasteiger partial charge in [0, 0.05) is 11.3 Å². The molecule has 0 unspecified atom stereocenters. The summed E-state index contributed by atoms with van der Waals surface area (Å²) in [5.41, 5.74) is 8.63. The second kappa shape index (κ2) is 4.26. The number of aryl methyl sites for hydroxylation is 1. The summed E-state index contributed by atoms with van der Waals surface area (Å²) in [6, 6.07) is 7.80. The van der Waals surface area contributed by atoms with E-state index >= 15 is 0 Å². The van der Waals surface area contributed by atoms with Gasteiger partial charge >= 0.3 is 0 Å². The molecular weight excluding hydrogens is 202 g/mol. The number of aromatic nitrogens is 2. The van der Waals surface area contributed by atoms with E-state index in [0.29, 0.717) is 5.95 Å². The molecule has 0 aliphatic rings. The van der Waals surface area contributed by atoms with Gasteiger partial charge in [0.25, 0.3) is 0 Å². The number of nitrogens with zero attached hydrogens (tertiary/aromatic N) is 1. The van der Waals surface area contributed by atoms with Gasteiger partial charge in [0.05, 0.1) is 12.8 Å². The van der Waals surface area contributed by atoms with Gasteiger partial charge in [0.15, 0.2) is 5.95 Å². The van der Waals surface area contributed by atoms with Crippen molar-refractivity contribution in [3.05, 3.63) is 30.0 Å². The van der Waals surface area contributed by atoms with Gasteiger partial charge in [0.2, 0.25) is 0 Å². The van der Waals surface area contributed by atoms with E-state index in [9.17, 15) is 0 Å². The molecule has 2 rings (SSSR count). The minimum absolute atomic E-state index is 0.453. The number of nitrogens with one attached hydrogen (secondary N) is 1. The topological polar surface area (TPSA) is 63.9 Å². The second-order valence-corrected chi connectivity index (χ2v) is 3.53. The first kappa shape index (κ1) is 10.5. The number of hydrogen-bond acceptors (Lipinski definition) is 3. The molecule has 0 radical (unpaired) electrons. The van der Waals surface area contributed by atoms with Crippen LogP contribution in [0.5, 0.6) is 5.75 Å². The van der Waals surface area contributed by atoms with Gasteiger partial charge in [-0.05, 0) is 18.6 Å². The highest BCUT2D eigenvalue weighted by Gasteiger charge is 2.09. The molecule has 0 saturated carbocycles. The Bertz CT molecular complexity index is 491. The van der Waals surface area contributed by atoms with Gasteiger partial charge in [-0.3, -0.25) is 0 Å². The molecule has 0 spiro atoms. The first-order valence-electron chi connectivity index (χ1n) is 5.23. The second-order valence-electron chi connectivity index (χ2n) is 3.53. The summed E-state index contributed by atoms with van der Waals surface area (Å²) in [5, 5.41) is 0. The highest BCUT2D eigenvalue weighted by Crippen LogP contribution is 2.26. The standard InChI is InChI=1S/C12H15N3O/c1-3-10-11(15-12(13)14-10)8-5-4-6-9(7-8)16-2/h4-7H,3H2,1-2H3,(H3,13,14,15). The van der Waals surface area contributed by atoms with Crippen LogP contribution in [-0.2, 0) is 6.42 Å². The third kappa shape index (κ3) is 1.86. The van der Waals surface area contributed by atoms with Crippen LogP contribution in [0.4, 0.5) is 5.95 Å². The molecule has 84 valence electrons. The SMILES string of the molecule is CCc1[nH]c(N)nc1-c1cccc(OC)c1. The van der Waals surface area contributed by atoms with Crippen LogP contribution in [0.3, 0.4) is 0 Å². The monoisotopic (exact) mass is 217 g/mol. The summed E-state index contributed by atoms with van der Waals surface area (Å²) < 4.78 is 5.19. The van der Waals surface area contributed by atoms with Crippen LogP contribution >= 0.6 is 0 Å². The minimum Gasteiger partial charge on any atom is -0.497 e. The smallest absolute Gasteiger partial charge is 0.198 e. The largest absolute Gasteiger partial charge is 0.497 e. The predicted octanol–water partition coefficient (Wildman–Crippen LogP) is 2.23. The Morgan fingerprint density at radius 3 is 2.94 bits per heavy atom. The molecule has 3 N–H and O–H groups in total. The van der Waals surface area contributed by atoms with Crippen molar-refractivity contribution in [1.82, 2.24) is 9.97 Å². The van der Waals surface area contributed by atoms with E-state index in [-0.39, 0.29) is 0 Å². The molecule has 2 aromatic rings. The van der Waals surface area contributed by atoms with Gasteiger partial charge in [0.1, 0.15) is 5.75 Å². The van der Waals surface area contributed by atoms with Gasteiger partial charge in [-0.15, -0.1) is 0 Å². The maximum absolute atomic E-state index is 5.66. The fourth-order valence-electron chi connectivity index (χ4n) is 1.69. The molecule has 0 fully saturated rings. The molecule has 16 heavy (non-hydrogen) atoms. The number of H-pyrrole nitrogens is 1. The number of ether oxygens (including phenoxy) is 1. The van der Waals surface area contributed by atoms with Crippen LogP contribution in [-0.4, -0.2) is 17.1 Å². The maximum Gasteiger partial charge on any atom is 0.198 e. The van der Waals surface area contributed by atoms with Gasteiger partial charge in [-0.25, -0.2) is 4.98 Å². The van der Waals surface area contributed by atoms with Crippen molar-refractivity contribution in [2.24, 2.45) is 0 Å². The van der Waals surface area contributed by atoms with Gasteiger partial charge in [-0.1, -0.05) is 19.1 Å². The molecule has 1 aromatic carbocycles. The van der Waals surface area contributed by atoms with Crippen molar-refractivity contribution >= 4 is 5.95 Å². The van der Waals surface area contributed by atoms with Crippen LogP contribution in [0.2, 0.25) is 0 Å². The quantitative estimate of drug-likeness (QED) is 0.828. The van der Waals surface area contributed by atoms with Crippen LogP contribution < -0.4 is 10.5 Å². The van der Waals surface area contributed by atoms with Crippen LogP contribution in [0.1, 0.15) is 12.6 Å². The van der Waals surface area contributed by atoms with Crippen molar-refractivity contribution in [3.8, 4) is 17.0 Å². The zero-order valence-corrected chi connectivity index (χ0v) is 9.45. The molecule has 0 amide bonds. The van der Waals surface area contributed by atoms with Crippen molar-refractivity contribution in [2.45, 2.75) is 13.3 Å². The summed E-state index contributed by atoms with van der Waals surface area (Å²) in [7, 11) is 1.65. The Hall–Kier alpha value is -1.97. The molecule has 0 atom stereocenters. The summed E-state index contributed by atoms with van der Waals surface area (Å²) in [4.78, 5) is 7.35. The molecule has 4 nitrogen and oxygen atoms in total. The zero-order chi connectivity index (χ0) is 11.5. The van der Waals surface area contributed by atoms with Crippen molar-refractivity contribution in [1.29, 1.82) is 0 Å².